The highest BCUT2D eigenvalue weighted by Gasteiger charge is 2.15. The van der Waals surface area contributed by atoms with Crippen molar-refractivity contribution < 1.29 is 9.53 Å². The van der Waals surface area contributed by atoms with Gasteiger partial charge in [0.05, 0.1) is 10.9 Å². The summed E-state index contributed by atoms with van der Waals surface area (Å²) in [4.78, 5) is 13.4. The third-order valence-electron chi connectivity index (χ3n) is 2.79. The average molecular weight is 355 g/mol. The molecule has 0 aliphatic rings. The lowest BCUT2D eigenvalue weighted by atomic mass is 10.1. The highest BCUT2D eigenvalue weighted by Crippen LogP contribution is 2.24. The number of nitrogen functional groups attached to an aromatic ring is 1. The van der Waals surface area contributed by atoms with Gasteiger partial charge >= 0.3 is 0 Å². The lowest BCUT2D eigenvalue weighted by Crippen LogP contribution is -2.26. The number of rotatable bonds is 5. The molecule has 0 saturated heterocycles. The molecule has 0 atom stereocenters. The van der Waals surface area contributed by atoms with Crippen molar-refractivity contribution in [1.82, 2.24) is 5.32 Å². The molecule has 0 aliphatic carbocycles. The standard InChI is InChI=1S/C14H15BrN2O2S/c1-19-11-4-2-3-10(16)13(11)14(18)17-8-7-9-5-6-12(15)20-9/h2-6H,7-8,16H2,1H3,(H,17,18). The number of nitrogens with one attached hydrogen (secondary N) is 1. The summed E-state index contributed by atoms with van der Waals surface area (Å²) in [6.45, 7) is 0.559. The summed E-state index contributed by atoms with van der Waals surface area (Å²) in [5.41, 5.74) is 6.65. The molecule has 1 aromatic carbocycles. The Bertz CT molecular complexity index is 613. The van der Waals surface area contributed by atoms with E-state index in [1.807, 2.05) is 12.1 Å². The van der Waals surface area contributed by atoms with E-state index < -0.39 is 0 Å². The summed E-state index contributed by atoms with van der Waals surface area (Å²) < 4.78 is 6.26. The van der Waals surface area contributed by atoms with Crippen LogP contribution in [0.25, 0.3) is 0 Å². The minimum atomic E-state index is -0.212. The SMILES string of the molecule is COc1cccc(N)c1C(=O)NCCc1ccc(Br)s1. The number of hydrogen-bond acceptors (Lipinski definition) is 4. The Morgan fingerprint density at radius 1 is 1.40 bits per heavy atom. The van der Waals surface area contributed by atoms with Crippen LogP contribution in [0.1, 0.15) is 15.2 Å². The first kappa shape index (κ1) is 14.9. The molecular weight excluding hydrogens is 340 g/mol. The number of halogens is 1. The first-order chi connectivity index (χ1) is 9.61. The van der Waals surface area contributed by atoms with Gasteiger partial charge in [0.2, 0.25) is 0 Å². The van der Waals surface area contributed by atoms with E-state index in [9.17, 15) is 4.79 Å². The molecule has 3 N–H and O–H groups in total. The number of anilines is 1. The Morgan fingerprint density at radius 3 is 2.85 bits per heavy atom. The van der Waals surface area contributed by atoms with Crippen molar-refractivity contribution in [2.24, 2.45) is 0 Å². The van der Waals surface area contributed by atoms with Crippen molar-refractivity contribution in [3.05, 3.63) is 44.6 Å². The third-order valence-corrected chi connectivity index (χ3v) is 4.47. The predicted octanol–water partition coefficient (Wildman–Crippen LogP) is 3.07. The van der Waals surface area contributed by atoms with Crippen LogP contribution in [-0.2, 0) is 6.42 Å². The quantitative estimate of drug-likeness (QED) is 0.811. The van der Waals surface area contributed by atoms with Crippen LogP contribution in [0, 0.1) is 0 Å². The molecule has 6 heteroatoms. The van der Waals surface area contributed by atoms with Crippen molar-refractivity contribution in [2.45, 2.75) is 6.42 Å². The molecule has 0 bridgehead atoms. The molecule has 1 amide bonds. The lowest BCUT2D eigenvalue weighted by molar-refractivity contribution is 0.0952. The number of carbonyl (C=O) groups excluding carboxylic acids is 1. The third kappa shape index (κ3) is 3.52. The van der Waals surface area contributed by atoms with Gasteiger partial charge in [-0.3, -0.25) is 4.79 Å². The molecule has 2 aromatic rings. The minimum absolute atomic E-state index is 0.212. The number of benzene rings is 1. The molecule has 106 valence electrons. The fourth-order valence-electron chi connectivity index (χ4n) is 1.83. The van der Waals surface area contributed by atoms with E-state index in [2.05, 4.69) is 21.2 Å². The molecule has 0 aliphatic heterocycles. The van der Waals surface area contributed by atoms with Gasteiger partial charge in [-0.1, -0.05) is 6.07 Å². The maximum absolute atomic E-state index is 12.2. The number of nitrogens with two attached hydrogens (primary N) is 1. The van der Waals surface area contributed by atoms with E-state index in [1.54, 1.807) is 29.5 Å². The molecule has 0 spiro atoms. The monoisotopic (exact) mass is 354 g/mol. The van der Waals surface area contributed by atoms with E-state index in [0.717, 1.165) is 10.2 Å². The highest BCUT2D eigenvalue weighted by molar-refractivity contribution is 9.11. The fraction of sp³-hybridized carbons (Fsp3) is 0.214. The maximum atomic E-state index is 12.2. The van der Waals surface area contributed by atoms with Gasteiger partial charge in [-0.05, 0) is 46.6 Å². The molecule has 1 heterocycles. The van der Waals surface area contributed by atoms with E-state index >= 15 is 0 Å². The summed E-state index contributed by atoms with van der Waals surface area (Å²) >= 11 is 5.08. The Morgan fingerprint density at radius 2 is 2.20 bits per heavy atom. The average Bonchev–Trinajstić information content (AvgIpc) is 2.83. The van der Waals surface area contributed by atoms with Crippen LogP contribution in [0.15, 0.2) is 34.1 Å². The number of methoxy groups -OCH3 is 1. The molecule has 0 unspecified atom stereocenters. The summed E-state index contributed by atoms with van der Waals surface area (Å²) in [5, 5.41) is 2.86. The zero-order valence-corrected chi connectivity index (χ0v) is 13.4. The van der Waals surface area contributed by atoms with E-state index in [1.165, 1.54) is 12.0 Å². The van der Waals surface area contributed by atoms with Crippen LogP contribution in [-0.4, -0.2) is 19.6 Å². The summed E-state index contributed by atoms with van der Waals surface area (Å²) in [6, 6.07) is 9.21. The second-order valence-electron chi connectivity index (χ2n) is 4.14. The molecule has 0 radical (unpaired) electrons. The summed E-state index contributed by atoms with van der Waals surface area (Å²) in [7, 11) is 1.52. The smallest absolute Gasteiger partial charge is 0.257 e. The molecule has 20 heavy (non-hydrogen) atoms. The van der Waals surface area contributed by atoms with Crippen molar-refractivity contribution in [1.29, 1.82) is 0 Å². The normalized spacial score (nSPS) is 10.3. The van der Waals surface area contributed by atoms with Crippen molar-refractivity contribution in [3.8, 4) is 5.75 Å². The second kappa shape index (κ2) is 6.76. The van der Waals surface area contributed by atoms with Gasteiger partial charge < -0.3 is 15.8 Å². The van der Waals surface area contributed by atoms with Gasteiger partial charge in [-0.15, -0.1) is 11.3 Å². The van der Waals surface area contributed by atoms with Gasteiger partial charge in [0, 0.05) is 17.1 Å². The Hall–Kier alpha value is -1.53. The Kier molecular flexibility index (Phi) is 5.03. The molecule has 0 saturated carbocycles. The topological polar surface area (TPSA) is 64.3 Å². The van der Waals surface area contributed by atoms with Gasteiger partial charge in [0.15, 0.2) is 0 Å². The number of ether oxygens (including phenoxy) is 1. The van der Waals surface area contributed by atoms with E-state index in [4.69, 9.17) is 10.5 Å². The first-order valence-corrected chi connectivity index (χ1v) is 7.67. The van der Waals surface area contributed by atoms with Crippen LogP contribution < -0.4 is 15.8 Å². The van der Waals surface area contributed by atoms with Gasteiger partial charge in [0.1, 0.15) is 11.3 Å². The predicted molar refractivity (Wildman–Crippen MR) is 85.5 cm³/mol. The fourth-order valence-corrected chi connectivity index (χ4v) is 3.32. The number of carbonyl (C=O) groups is 1. The van der Waals surface area contributed by atoms with Crippen molar-refractivity contribution in [2.75, 3.05) is 19.4 Å². The largest absolute Gasteiger partial charge is 0.496 e. The Labute approximate surface area is 130 Å². The number of thiophene rings is 1. The first-order valence-electron chi connectivity index (χ1n) is 6.06. The van der Waals surface area contributed by atoms with Crippen LogP contribution in [0.3, 0.4) is 0 Å². The summed E-state index contributed by atoms with van der Waals surface area (Å²) in [5.74, 6) is 0.275. The number of amides is 1. The minimum Gasteiger partial charge on any atom is -0.496 e. The highest BCUT2D eigenvalue weighted by atomic mass is 79.9. The molecule has 1 aromatic heterocycles. The molecule has 2 rings (SSSR count). The van der Waals surface area contributed by atoms with Gasteiger partial charge in [-0.25, -0.2) is 0 Å². The Balaban J connectivity index is 1.98. The summed E-state index contributed by atoms with van der Waals surface area (Å²) in [6.07, 6.45) is 0.789. The molecule has 0 fully saturated rings. The van der Waals surface area contributed by atoms with Gasteiger partial charge in [-0.2, -0.15) is 0 Å². The van der Waals surface area contributed by atoms with Gasteiger partial charge in [0.25, 0.3) is 5.91 Å². The van der Waals surface area contributed by atoms with Crippen LogP contribution in [0.2, 0.25) is 0 Å². The van der Waals surface area contributed by atoms with Crippen LogP contribution in [0.4, 0.5) is 5.69 Å². The van der Waals surface area contributed by atoms with Crippen LogP contribution >= 0.6 is 27.3 Å². The lowest BCUT2D eigenvalue weighted by Gasteiger charge is -2.11. The molecule has 4 nitrogen and oxygen atoms in total. The van der Waals surface area contributed by atoms with E-state index in [0.29, 0.717) is 23.5 Å². The zero-order valence-electron chi connectivity index (χ0n) is 11.0. The van der Waals surface area contributed by atoms with Crippen molar-refractivity contribution in [3.63, 3.8) is 0 Å². The van der Waals surface area contributed by atoms with Crippen LogP contribution in [0.5, 0.6) is 5.75 Å². The maximum Gasteiger partial charge on any atom is 0.257 e. The zero-order chi connectivity index (χ0) is 14.5. The molecular formula is C14H15BrN2O2S. The van der Waals surface area contributed by atoms with E-state index in [-0.39, 0.29) is 5.91 Å². The van der Waals surface area contributed by atoms with Crippen molar-refractivity contribution >= 4 is 38.9 Å². The number of hydrogen-bond donors (Lipinski definition) is 2. The second-order valence-corrected chi connectivity index (χ2v) is 6.68.